The Bertz CT molecular complexity index is 1300. The third-order valence-electron chi connectivity index (χ3n) is 5.21. The number of aromatic nitrogens is 1. The van der Waals surface area contributed by atoms with Gasteiger partial charge in [-0.05, 0) is 52.6 Å². The molecule has 0 unspecified atom stereocenters. The Hall–Kier alpha value is -4.71. The molecule has 0 atom stereocenters. The van der Waals surface area contributed by atoms with Gasteiger partial charge in [0, 0.05) is 24.4 Å². The number of nitrogens with zero attached hydrogens (tertiary/aromatic N) is 1. The van der Waals surface area contributed by atoms with Gasteiger partial charge < -0.3 is 16.4 Å². The SMILES string of the molecule is Nc1ncccc1NC(=O)c1ccc(CNC(=O)/C=C/c2ccc(-c3ccccc3)cc2)cc1. The third kappa shape index (κ3) is 5.95. The molecular formula is C28H24N4O2. The summed E-state index contributed by atoms with van der Waals surface area (Å²) in [4.78, 5) is 28.5. The van der Waals surface area contributed by atoms with Gasteiger partial charge in [0.2, 0.25) is 5.91 Å². The van der Waals surface area contributed by atoms with Crippen LogP contribution in [-0.4, -0.2) is 16.8 Å². The number of hydrogen-bond donors (Lipinski definition) is 3. The van der Waals surface area contributed by atoms with Crippen LogP contribution < -0.4 is 16.4 Å². The summed E-state index contributed by atoms with van der Waals surface area (Å²) in [5.41, 5.74) is 10.8. The predicted molar refractivity (Wildman–Crippen MR) is 136 cm³/mol. The Morgan fingerprint density at radius 3 is 2.24 bits per heavy atom. The highest BCUT2D eigenvalue weighted by atomic mass is 16.2. The van der Waals surface area contributed by atoms with E-state index in [0.29, 0.717) is 17.8 Å². The van der Waals surface area contributed by atoms with Crippen LogP contribution in [0.4, 0.5) is 11.5 Å². The molecule has 6 heteroatoms. The molecule has 6 nitrogen and oxygen atoms in total. The van der Waals surface area contributed by atoms with Crippen molar-refractivity contribution in [1.29, 1.82) is 0 Å². The molecule has 1 aromatic heterocycles. The molecule has 0 aliphatic heterocycles. The summed E-state index contributed by atoms with van der Waals surface area (Å²) in [6.45, 7) is 0.355. The zero-order chi connectivity index (χ0) is 23.8. The van der Waals surface area contributed by atoms with E-state index in [1.54, 1.807) is 48.7 Å². The zero-order valence-corrected chi connectivity index (χ0v) is 18.4. The van der Waals surface area contributed by atoms with Gasteiger partial charge in [-0.15, -0.1) is 0 Å². The van der Waals surface area contributed by atoms with Crippen molar-refractivity contribution in [3.63, 3.8) is 0 Å². The molecule has 0 aliphatic rings. The number of pyridine rings is 1. The van der Waals surface area contributed by atoms with Crippen molar-refractivity contribution in [1.82, 2.24) is 10.3 Å². The number of nitrogens with two attached hydrogens (primary N) is 1. The fraction of sp³-hybridized carbons (Fsp3) is 0.0357. The zero-order valence-electron chi connectivity index (χ0n) is 18.4. The van der Waals surface area contributed by atoms with E-state index < -0.39 is 0 Å². The standard InChI is InChI=1S/C28H24N4O2/c29-27-25(7-4-18-30-27)32-28(34)24-15-10-21(11-16-24)19-31-26(33)17-12-20-8-13-23(14-9-20)22-5-2-1-3-6-22/h1-18H,19H2,(H2,29,30)(H,31,33)(H,32,34)/b17-12+. The fourth-order valence-electron chi connectivity index (χ4n) is 3.33. The minimum absolute atomic E-state index is 0.194. The molecule has 4 N–H and O–H groups in total. The van der Waals surface area contributed by atoms with E-state index in [2.05, 4.69) is 27.8 Å². The maximum Gasteiger partial charge on any atom is 0.255 e. The molecule has 34 heavy (non-hydrogen) atoms. The highest BCUT2D eigenvalue weighted by Gasteiger charge is 2.08. The van der Waals surface area contributed by atoms with E-state index in [9.17, 15) is 9.59 Å². The summed E-state index contributed by atoms with van der Waals surface area (Å²) < 4.78 is 0. The second-order valence-electron chi connectivity index (χ2n) is 7.63. The molecule has 0 spiro atoms. The molecule has 0 saturated carbocycles. The fourth-order valence-corrected chi connectivity index (χ4v) is 3.33. The van der Waals surface area contributed by atoms with Crippen molar-refractivity contribution >= 4 is 29.4 Å². The number of carbonyl (C=O) groups is 2. The number of benzene rings is 3. The summed E-state index contributed by atoms with van der Waals surface area (Å²) in [7, 11) is 0. The minimum Gasteiger partial charge on any atom is -0.382 e. The van der Waals surface area contributed by atoms with Gasteiger partial charge >= 0.3 is 0 Å². The Kier molecular flexibility index (Phi) is 7.10. The van der Waals surface area contributed by atoms with Gasteiger partial charge in [-0.25, -0.2) is 4.98 Å². The Balaban J connectivity index is 1.28. The second-order valence-corrected chi connectivity index (χ2v) is 7.63. The third-order valence-corrected chi connectivity index (χ3v) is 5.21. The van der Waals surface area contributed by atoms with Crippen molar-refractivity contribution in [2.75, 3.05) is 11.1 Å². The summed E-state index contributed by atoms with van der Waals surface area (Å²) in [5.74, 6) is -0.215. The van der Waals surface area contributed by atoms with Crippen LogP contribution in [0.2, 0.25) is 0 Å². The molecule has 0 bridgehead atoms. The normalized spacial score (nSPS) is 10.7. The van der Waals surface area contributed by atoms with Crippen LogP contribution in [0.5, 0.6) is 0 Å². The number of rotatable bonds is 7. The topological polar surface area (TPSA) is 97.1 Å². The molecule has 2 amide bonds. The van der Waals surface area contributed by atoms with E-state index >= 15 is 0 Å². The highest BCUT2D eigenvalue weighted by molar-refractivity contribution is 6.05. The Morgan fingerprint density at radius 2 is 1.53 bits per heavy atom. The molecule has 168 valence electrons. The predicted octanol–water partition coefficient (Wildman–Crippen LogP) is 4.91. The van der Waals surface area contributed by atoms with Crippen LogP contribution in [0, 0.1) is 0 Å². The second kappa shape index (κ2) is 10.7. The molecule has 0 radical (unpaired) electrons. The van der Waals surface area contributed by atoms with Crippen molar-refractivity contribution in [3.8, 4) is 11.1 Å². The maximum atomic E-state index is 12.4. The van der Waals surface area contributed by atoms with Crippen molar-refractivity contribution < 1.29 is 9.59 Å². The lowest BCUT2D eigenvalue weighted by atomic mass is 10.0. The van der Waals surface area contributed by atoms with Crippen LogP contribution in [0.1, 0.15) is 21.5 Å². The van der Waals surface area contributed by atoms with Crippen LogP contribution >= 0.6 is 0 Å². The largest absolute Gasteiger partial charge is 0.382 e. The molecule has 1 heterocycles. The van der Waals surface area contributed by atoms with E-state index in [0.717, 1.165) is 22.3 Å². The van der Waals surface area contributed by atoms with E-state index in [1.165, 1.54) is 6.08 Å². The first-order valence-electron chi connectivity index (χ1n) is 10.8. The monoisotopic (exact) mass is 448 g/mol. The molecule has 0 fully saturated rings. The van der Waals surface area contributed by atoms with Crippen LogP contribution in [-0.2, 0) is 11.3 Å². The number of anilines is 2. The Labute approximate surface area is 198 Å². The first-order valence-corrected chi connectivity index (χ1v) is 10.8. The van der Waals surface area contributed by atoms with Gasteiger partial charge in [0.1, 0.15) is 5.82 Å². The molecule has 0 saturated heterocycles. The van der Waals surface area contributed by atoms with Crippen LogP contribution in [0.3, 0.4) is 0 Å². The molecule has 4 rings (SSSR count). The van der Waals surface area contributed by atoms with Crippen LogP contribution in [0.15, 0.2) is 103 Å². The summed E-state index contributed by atoms with van der Waals surface area (Å²) in [6.07, 6.45) is 4.85. The van der Waals surface area contributed by atoms with Gasteiger partial charge in [-0.3, -0.25) is 9.59 Å². The number of amides is 2. The number of nitrogens with one attached hydrogen (secondary N) is 2. The number of nitrogen functional groups attached to an aromatic ring is 1. The van der Waals surface area contributed by atoms with Gasteiger partial charge in [0.05, 0.1) is 5.69 Å². The quantitative estimate of drug-likeness (QED) is 0.350. The number of hydrogen-bond acceptors (Lipinski definition) is 4. The summed E-state index contributed by atoms with van der Waals surface area (Å²) in [5, 5.41) is 5.59. The lowest BCUT2D eigenvalue weighted by Crippen LogP contribution is -2.20. The van der Waals surface area contributed by atoms with Crippen LogP contribution in [0.25, 0.3) is 17.2 Å². The first kappa shape index (κ1) is 22.5. The molecule has 3 aromatic carbocycles. The summed E-state index contributed by atoms with van der Waals surface area (Å²) in [6, 6.07) is 28.6. The minimum atomic E-state index is -0.281. The van der Waals surface area contributed by atoms with Crippen molar-refractivity contribution in [2.45, 2.75) is 6.54 Å². The Morgan fingerprint density at radius 1 is 0.824 bits per heavy atom. The molecule has 4 aromatic rings. The van der Waals surface area contributed by atoms with E-state index in [-0.39, 0.29) is 17.6 Å². The average Bonchev–Trinajstić information content (AvgIpc) is 2.88. The van der Waals surface area contributed by atoms with Gasteiger partial charge in [-0.2, -0.15) is 0 Å². The van der Waals surface area contributed by atoms with Gasteiger partial charge in [-0.1, -0.05) is 66.7 Å². The lowest BCUT2D eigenvalue weighted by Gasteiger charge is -2.08. The van der Waals surface area contributed by atoms with Crippen molar-refractivity contribution in [2.24, 2.45) is 0 Å². The highest BCUT2D eigenvalue weighted by Crippen LogP contribution is 2.19. The van der Waals surface area contributed by atoms with Gasteiger partial charge in [0.25, 0.3) is 5.91 Å². The lowest BCUT2D eigenvalue weighted by molar-refractivity contribution is -0.116. The van der Waals surface area contributed by atoms with E-state index in [1.807, 2.05) is 42.5 Å². The maximum absolute atomic E-state index is 12.4. The van der Waals surface area contributed by atoms with Gasteiger partial charge in [0.15, 0.2) is 0 Å². The van der Waals surface area contributed by atoms with Crippen molar-refractivity contribution in [3.05, 3.63) is 120 Å². The number of carbonyl (C=O) groups excluding carboxylic acids is 2. The van der Waals surface area contributed by atoms with E-state index in [4.69, 9.17) is 5.73 Å². The first-order chi connectivity index (χ1) is 16.6. The summed E-state index contributed by atoms with van der Waals surface area (Å²) >= 11 is 0. The molecule has 0 aliphatic carbocycles. The smallest absolute Gasteiger partial charge is 0.255 e. The molecular weight excluding hydrogens is 424 g/mol. The average molecular weight is 449 g/mol.